The minimum Gasteiger partial charge on any atom is -0.488 e. The van der Waals surface area contributed by atoms with E-state index in [-0.39, 0.29) is 24.0 Å². The van der Waals surface area contributed by atoms with E-state index < -0.39 is 5.97 Å². The number of carbonyl (C=O) groups excluding carboxylic acids is 2. The third kappa shape index (κ3) is 7.01. The minimum atomic E-state index is -0.974. The number of nitrogens with zero attached hydrogens (tertiary/aromatic N) is 1. The Hall–Kier alpha value is -3.98. The number of ether oxygens (including phenoxy) is 1. The van der Waals surface area contributed by atoms with Crippen molar-refractivity contribution >= 4 is 45.6 Å². The Morgan fingerprint density at radius 1 is 1.00 bits per heavy atom. The Kier molecular flexibility index (Phi) is 7.93. The van der Waals surface area contributed by atoms with Gasteiger partial charge in [0.05, 0.1) is 16.3 Å². The van der Waals surface area contributed by atoms with Crippen LogP contribution in [0.4, 0.5) is 5.69 Å². The third-order valence-corrected chi connectivity index (χ3v) is 5.02. The normalized spacial score (nSPS) is 10.6. The number of rotatable bonds is 8. The SMILES string of the molecule is CC(=O)Nc1ccc(C(=O)N/N=C\c2ccc(OCc3ccc(C(=O)O)cc3)c(Br)c2)cc1. The van der Waals surface area contributed by atoms with E-state index in [1.165, 1.54) is 25.3 Å². The Morgan fingerprint density at radius 3 is 2.27 bits per heavy atom. The second-order valence-electron chi connectivity index (χ2n) is 6.94. The van der Waals surface area contributed by atoms with Crippen LogP contribution in [0.3, 0.4) is 0 Å². The van der Waals surface area contributed by atoms with Crippen LogP contribution in [0.1, 0.15) is 38.8 Å². The highest BCUT2D eigenvalue weighted by atomic mass is 79.9. The molecule has 0 saturated carbocycles. The minimum absolute atomic E-state index is 0.186. The molecule has 3 N–H and O–H groups in total. The molecule has 9 heteroatoms. The van der Waals surface area contributed by atoms with Crippen LogP contribution in [-0.4, -0.2) is 29.1 Å². The number of carbonyl (C=O) groups is 3. The van der Waals surface area contributed by atoms with E-state index in [1.807, 2.05) is 0 Å². The Balaban J connectivity index is 1.54. The van der Waals surface area contributed by atoms with E-state index in [9.17, 15) is 14.4 Å². The summed E-state index contributed by atoms with van der Waals surface area (Å²) in [7, 11) is 0. The first-order valence-corrected chi connectivity index (χ1v) is 10.6. The average Bonchev–Trinajstić information content (AvgIpc) is 2.79. The summed E-state index contributed by atoms with van der Waals surface area (Å²) in [6.07, 6.45) is 1.50. The number of nitrogens with one attached hydrogen (secondary N) is 2. The van der Waals surface area contributed by atoms with Crippen LogP contribution >= 0.6 is 15.9 Å². The first-order valence-electron chi connectivity index (χ1n) is 9.77. The van der Waals surface area contributed by atoms with E-state index in [2.05, 4.69) is 31.8 Å². The van der Waals surface area contributed by atoms with Gasteiger partial charge in [0, 0.05) is 18.2 Å². The third-order valence-electron chi connectivity index (χ3n) is 4.40. The van der Waals surface area contributed by atoms with E-state index in [1.54, 1.807) is 54.6 Å². The van der Waals surface area contributed by atoms with Crippen molar-refractivity contribution in [3.05, 3.63) is 93.5 Å². The van der Waals surface area contributed by atoms with Crippen LogP contribution in [-0.2, 0) is 11.4 Å². The first kappa shape index (κ1) is 23.7. The van der Waals surface area contributed by atoms with Crippen molar-refractivity contribution < 1.29 is 24.2 Å². The molecular weight excluding hydrogens is 490 g/mol. The summed E-state index contributed by atoms with van der Waals surface area (Å²) in [4.78, 5) is 34.2. The monoisotopic (exact) mass is 509 g/mol. The van der Waals surface area contributed by atoms with Crippen LogP contribution in [0.2, 0.25) is 0 Å². The summed E-state index contributed by atoms with van der Waals surface area (Å²) >= 11 is 3.45. The molecule has 0 spiro atoms. The number of carboxylic acid groups (broad SMARTS) is 1. The molecule has 0 unspecified atom stereocenters. The number of hydrazone groups is 1. The first-order chi connectivity index (χ1) is 15.8. The number of hydrogen-bond donors (Lipinski definition) is 3. The van der Waals surface area contributed by atoms with Crippen LogP contribution in [0, 0.1) is 0 Å². The summed E-state index contributed by atoms with van der Waals surface area (Å²) < 4.78 is 6.48. The molecule has 0 atom stereocenters. The molecule has 0 heterocycles. The van der Waals surface area contributed by atoms with Crippen LogP contribution < -0.4 is 15.5 Å². The van der Waals surface area contributed by atoms with Gasteiger partial charge in [-0.1, -0.05) is 12.1 Å². The molecule has 3 rings (SSSR count). The molecule has 168 valence electrons. The molecule has 3 aromatic rings. The lowest BCUT2D eigenvalue weighted by atomic mass is 10.1. The molecule has 0 radical (unpaired) electrons. The zero-order valence-corrected chi connectivity index (χ0v) is 19.1. The van der Waals surface area contributed by atoms with Crippen molar-refractivity contribution in [2.45, 2.75) is 13.5 Å². The number of hydrogen-bond acceptors (Lipinski definition) is 5. The summed E-state index contributed by atoms with van der Waals surface area (Å²) in [6.45, 7) is 1.69. The predicted molar refractivity (Wildman–Crippen MR) is 128 cm³/mol. The lowest BCUT2D eigenvalue weighted by Gasteiger charge is -2.09. The molecule has 0 aliphatic heterocycles. The second kappa shape index (κ2) is 11.1. The largest absolute Gasteiger partial charge is 0.488 e. The van der Waals surface area contributed by atoms with E-state index >= 15 is 0 Å². The van der Waals surface area contributed by atoms with E-state index in [4.69, 9.17) is 9.84 Å². The fourth-order valence-corrected chi connectivity index (χ4v) is 3.27. The van der Waals surface area contributed by atoms with Gasteiger partial charge in [-0.15, -0.1) is 0 Å². The molecule has 3 aromatic carbocycles. The fourth-order valence-electron chi connectivity index (χ4n) is 2.76. The van der Waals surface area contributed by atoms with Crippen molar-refractivity contribution in [1.29, 1.82) is 0 Å². The molecule has 33 heavy (non-hydrogen) atoms. The van der Waals surface area contributed by atoms with Crippen molar-refractivity contribution in [3.63, 3.8) is 0 Å². The summed E-state index contributed by atoms with van der Waals surface area (Å²) in [5.41, 5.74) is 5.26. The molecule has 0 fully saturated rings. The second-order valence-corrected chi connectivity index (χ2v) is 7.79. The van der Waals surface area contributed by atoms with E-state index in [0.717, 1.165) is 11.1 Å². The van der Waals surface area contributed by atoms with Gasteiger partial charge >= 0.3 is 5.97 Å². The lowest BCUT2D eigenvalue weighted by molar-refractivity contribution is -0.114. The van der Waals surface area contributed by atoms with Crippen molar-refractivity contribution in [1.82, 2.24) is 5.43 Å². The standard InChI is InChI=1S/C24H20BrN3O5/c1-15(29)27-20-9-7-18(8-10-20)23(30)28-26-13-17-4-11-22(21(25)12-17)33-14-16-2-5-19(6-3-16)24(31)32/h2-13H,14H2,1H3,(H,27,29)(H,28,30)(H,31,32)/b26-13-. The highest BCUT2D eigenvalue weighted by molar-refractivity contribution is 9.10. The molecule has 0 aliphatic rings. The van der Waals surface area contributed by atoms with Gasteiger partial charge in [-0.2, -0.15) is 5.10 Å². The number of benzene rings is 3. The van der Waals surface area contributed by atoms with Crippen LogP contribution in [0.15, 0.2) is 76.3 Å². The molecular formula is C24H20BrN3O5. The number of amides is 2. The Bertz CT molecular complexity index is 1190. The zero-order valence-electron chi connectivity index (χ0n) is 17.5. The molecule has 8 nitrogen and oxygen atoms in total. The topological polar surface area (TPSA) is 117 Å². The Morgan fingerprint density at radius 2 is 1.67 bits per heavy atom. The highest BCUT2D eigenvalue weighted by Gasteiger charge is 2.06. The molecule has 0 aromatic heterocycles. The van der Waals surface area contributed by atoms with Gasteiger partial charge in [-0.25, -0.2) is 10.2 Å². The zero-order chi connectivity index (χ0) is 23.8. The van der Waals surface area contributed by atoms with Gasteiger partial charge in [0.25, 0.3) is 5.91 Å². The van der Waals surface area contributed by atoms with Gasteiger partial charge < -0.3 is 15.2 Å². The highest BCUT2D eigenvalue weighted by Crippen LogP contribution is 2.26. The number of carboxylic acids is 1. The predicted octanol–water partition coefficient (Wildman–Crippen LogP) is 4.45. The fraction of sp³-hybridized carbons (Fsp3) is 0.0833. The maximum absolute atomic E-state index is 12.2. The number of anilines is 1. The average molecular weight is 510 g/mol. The summed E-state index contributed by atoms with van der Waals surface area (Å²) in [6, 6.07) is 18.3. The van der Waals surface area contributed by atoms with Crippen molar-refractivity contribution in [2.24, 2.45) is 5.10 Å². The van der Waals surface area contributed by atoms with Gasteiger partial charge in [-0.05, 0) is 81.7 Å². The molecule has 0 bridgehead atoms. The number of halogens is 1. The summed E-state index contributed by atoms with van der Waals surface area (Å²) in [5, 5.41) is 15.6. The van der Waals surface area contributed by atoms with Gasteiger partial charge in [0.15, 0.2) is 0 Å². The van der Waals surface area contributed by atoms with Crippen LogP contribution in [0.5, 0.6) is 5.75 Å². The summed E-state index contributed by atoms with van der Waals surface area (Å²) in [5.74, 6) is -0.932. The molecule has 0 aliphatic carbocycles. The number of aromatic carboxylic acids is 1. The maximum atomic E-state index is 12.2. The quantitative estimate of drug-likeness (QED) is 0.306. The van der Waals surface area contributed by atoms with Crippen molar-refractivity contribution in [3.8, 4) is 5.75 Å². The van der Waals surface area contributed by atoms with E-state index in [0.29, 0.717) is 21.5 Å². The Labute approximate surface area is 198 Å². The maximum Gasteiger partial charge on any atom is 0.335 e. The molecule has 2 amide bonds. The van der Waals surface area contributed by atoms with Crippen molar-refractivity contribution in [2.75, 3.05) is 5.32 Å². The molecule has 0 saturated heterocycles. The van der Waals surface area contributed by atoms with Crippen LogP contribution in [0.25, 0.3) is 0 Å². The smallest absolute Gasteiger partial charge is 0.335 e. The van der Waals surface area contributed by atoms with Gasteiger partial charge in [0.2, 0.25) is 5.91 Å². The van der Waals surface area contributed by atoms with Gasteiger partial charge in [0.1, 0.15) is 12.4 Å². The lowest BCUT2D eigenvalue weighted by Crippen LogP contribution is -2.17. The van der Waals surface area contributed by atoms with Gasteiger partial charge in [-0.3, -0.25) is 9.59 Å².